The summed E-state index contributed by atoms with van der Waals surface area (Å²) < 4.78 is 5.35. The number of benzene rings is 1. The van der Waals surface area contributed by atoms with Gasteiger partial charge in [-0.05, 0) is 49.9 Å². The Labute approximate surface area is 158 Å². The maximum Gasteiger partial charge on any atom is 0.251 e. The lowest BCUT2D eigenvalue weighted by molar-refractivity contribution is 0.0374. The average Bonchev–Trinajstić information content (AvgIpc) is 3.14. The third-order valence-electron chi connectivity index (χ3n) is 5.25. The molecule has 1 fully saturated rings. The van der Waals surface area contributed by atoms with Gasteiger partial charge in [0.2, 0.25) is 0 Å². The van der Waals surface area contributed by atoms with Crippen LogP contribution >= 0.6 is 11.6 Å². The Morgan fingerprint density at radius 2 is 2.12 bits per heavy atom. The van der Waals surface area contributed by atoms with E-state index in [2.05, 4.69) is 10.2 Å². The topological polar surface area (TPSA) is 54.5 Å². The lowest BCUT2D eigenvalue weighted by atomic mass is 10.1. The van der Waals surface area contributed by atoms with Crippen LogP contribution in [0.5, 0.6) is 0 Å². The summed E-state index contributed by atoms with van der Waals surface area (Å²) >= 11 is 6.54. The second kappa shape index (κ2) is 7.91. The minimum Gasteiger partial charge on any atom is -0.379 e. The molecule has 1 aromatic heterocycles. The van der Waals surface area contributed by atoms with E-state index in [9.17, 15) is 4.79 Å². The van der Waals surface area contributed by atoms with Crippen molar-refractivity contribution in [2.75, 3.05) is 39.4 Å². The number of aromatic nitrogens is 1. The third kappa shape index (κ3) is 3.70. The lowest BCUT2D eigenvalue weighted by Crippen LogP contribution is -2.38. The molecule has 26 heavy (non-hydrogen) atoms. The van der Waals surface area contributed by atoms with Crippen LogP contribution in [0.1, 0.15) is 34.5 Å². The number of fused-ring (bicyclic) bond motifs is 2. The Morgan fingerprint density at radius 1 is 1.27 bits per heavy atom. The minimum absolute atomic E-state index is 0.0488. The van der Waals surface area contributed by atoms with E-state index in [1.807, 2.05) is 18.2 Å². The number of aryl methyl sites for hydroxylation is 1. The first-order valence-corrected chi connectivity index (χ1v) is 9.79. The molecule has 4 rings (SSSR count). The van der Waals surface area contributed by atoms with Crippen molar-refractivity contribution >= 4 is 28.4 Å². The quantitative estimate of drug-likeness (QED) is 0.819. The lowest BCUT2D eigenvalue weighted by Gasteiger charge is -2.26. The molecule has 1 N–H and O–H groups in total. The van der Waals surface area contributed by atoms with E-state index in [0.717, 1.165) is 80.2 Å². The monoisotopic (exact) mass is 373 g/mol. The molecule has 0 radical (unpaired) electrons. The molecule has 1 aliphatic heterocycles. The molecule has 5 nitrogen and oxygen atoms in total. The summed E-state index contributed by atoms with van der Waals surface area (Å²) in [5, 5.41) is 4.76. The standard InChI is InChI=1S/C20H24ClN3O2/c21-19-15-3-1-4-17(15)23-18-13-14(5-6-16(18)19)20(25)22-7-2-8-24-9-11-26-12-10-24/h5-6,13H,1-4,7-12H2,(H,22,25). The van der Waals surface area contributed by atoms with Gasteiger partial charge in [0.1, 0.15) is 0 Å². The zero-order valence-corrected chi connectivity index (χ0v) is 15.6. The summed E-state index contributed by atoms with van der Waals surface area (Å²) in [6, 6.07) is 5.62. The highest BCUT2D eigenvalue weighted by molar-refractivity contribution is 6.36. The Morgan fingerprint density at radius 3 is 2.96 bits per heavy atom. The Bertz CT molecular complexity index is 818. The van der Waals surface area contributed by atoms with Crippen LogP contribution in [0.2, 0.25) is 5.02 Å². The van der Waals surface area contributed by atoms with Crippen LogP contribution < -0.4 is 5.32 Å². The van der Waals surface area contributed by atoms with Gasteiger partial charge in [-0.2, -0.15) is 0 Å². The second-order valence-corrected chi connectivity index (χ2v) is 7.38. The van der Waals surface area contributed by atoms with Crippen LogP contribution in [0.4, 0.5) is 0 Å². The van der Waals surface area contributed by atoms with Crippen molar-refractivity contribution in [2.24, 2.45) is 0 Å². The molecule has 6 heteroatoms. The number of ether oxygens (including phenoxy) is 1. The van der Waals surface area contributed by atoms with Crippen molar-refractivity contribution in [2.45, 2.75) is 25.7 Å². The van der Waals surface area contributed by atoms with Gasteiger partial charge in [-0.15, -0.1) is 0 Å². The van der Waals surface area contributed by atoms with Crippen LogP contribution in [-0.4, -0.2) is 55.2 Å². The van der Waals surface area contributed by atoms with Crippen molar-refractivity contribution < 1.29 is 9.53 Å². The van der Waals surface area contributed by atoms with E-state index in [1.54, 1.807) is 0 Å². The van der Waals surface area contributed by atoms with Gasteiger partial charge in [-0.1, -0.05) is 17.7 Å². The molecule has 1 amide bonds. The van der Waals surface area contributed by atoms with Crippen molar-refractivity contribution in [3.05, 3.63) is 40.0 Å². The molecule has 1 aliphatic carbocycles. The van der Waals surface area contributed by atoms with E-state index < -0.39 is 0 Å². The fraction of sp³-hybridized carbons (Fsp3) is 0.500. The Kier molecular flexibility index (Phi) is 5.38. The Hall–Kier alpha value is -1.69. The number of nitrogens with one attached hydrogen (secondary N) is 1. The maximum atomic E-state index is 12.5. The molecular formula is C20H24ClN3O2. The van der Waals surface area contributed by atoms with Crippen molar-refractivity contribution in [3.8, 4) is 0 Å². The first-order chi connectivity index (χ1) is 12.7. The third-order valence-corrected chi connectivity index (χ3v) is 5.68. The highest BCUT2D eigenvalue weighted by atomic mass is 35.5. The first-order valence-electron chi connectivity index (χ1n) is 9.42. The van der Waals surface area contributed by atoms with Gasteiger partial charge < -0.3 is 10.1 Å². The number of pyridine rings is 1. The van der Waals surface area contributed by atoms with Crippen molar-refractivity contribution in [3.63, 3.8) is 0 Å². The minimum atomic E-state index is -0.0488. The molecule has 0 spiro atoms. The first kappa shape index (κ1) is 17.7. The highest BCUT2D eigenvalue weighted by Gasteiger charge is 2.19. The average molecular weight is 374 g/mol. The number of carbonyl (C=O) groups excluding carboxylic acids is 1. The zero-order chi connectivity index (χ0) is 17.9. The zero-order valence-electron chi connectivity index (χ0n) is 14.9. The largest absolute Gasteiger partial charge is 0.379 e. The molecule has 0 bridgehead atoms. The number of morpholine rings is 1. The molecule has 0 unspecified atom stereocenters. The van der Waals surface area contributed by atoms with E-state index in [0.29, 0.717) is 12.1 Å². The summed E-state index contributed by atoms with van der Waals surface area (Å²) in [4.78, 5) is 19.6. The highest BCUT2D eigenvalue weighted by Crippen LogP contribution is 2.33. The number of halogens is 1. The second-order valence-electron chi connectivity index (χ2n) is 7.00. The summed E-state index contributed by atoms with van der Waals surface area (Å²) in [6.45, 7) is 5.24. The molecule has 1 aromatic carbocycles. The predicted molar refractivity (Wildman–Crippen MR) is 103 cm³/mol. The van der Waals surface area contributed by atoms with Gasteiger partial charge in [-0.25, -0.2) is 0 Å². The number of amides is 1. The number of carbonyl (C=O) groups is 1. The van der Waals surface area contributed by atoms with Crippen LogP contribution in [0.3, 0.4) is 0 Å². The van der Waals surface area contributed by atoms with E-state index >= 15 is 0 Å². The number of rotatable bonds is 5. The van der Waals surface area contributed by atoms with Crippen LogP contribution in [0.25, 0.3) is 10.9 Å². The molecule has 1 saturated heterocycles. The van der Waals surface area contributed by atoms with Gasteiger partial charge in [0.25, 0.3) is 5.91 Å². The number of hydrogen-bond acceptors (Lipinski definition) is 4. The van der Waals surface area contributed by atoms with Crippen LogP contribution in [-0.2, 0) is 17.6 Å². The summed E-state index contributed by atoms with van der Waals surface area (Å²) in [5.41, 5.74) is 3.73. The van der Waals surface area contributed by atoms with Gasteiger partial charge in [-0.3, -0.25) is 14.7 Å². The van der Waals surface area contributed by atoms with Gasteiger partial charge in [0.15, 0.2) is 0 Å². The molecule has 0 atom stereocenters. The van der Waals surface area contributed by atoms with Gasteiger partial charge in [0.05, 0.1) is 23.8 Å². The molecule has 0 saturated carbocycles. The van der Waals surface area contributed by atoms with Gasteiger partial charge >= 0.3 is 0 Å². The van der Waals surface area contributed by atoms with E-state index in [-0.39, 0.29) is 5.91 Å². The molecular weight excluding hydrogens is 350 g/mol. The SMILES string of the molecule is O=C(NCCCN1CCOCC1)c1ccc2c(Cl)c3c(nc2c1)CCC3. The predicted octanol–water partition coefficient (Wildman–Crippen LogP) is 2.83. The fourth-order valence-electron chi connectivity index (χ4n) is 3.78. The normalized spacial score (nSPS) is 17.4. The summed E-state index contributed by atoms with van der Waals surface area (Å²) in [6.07, 6.45) is 4.03. The smallest absolute Gasteiger partial charge is 0.251 e. The summed E-state index contributed by atoms with van der Waals surface area (Å²) in [5.74, 6) is -0.0488. The maximum absolute atomic E-state index is 12.5. The van der Waals surface area contributed by atoms with Gasteiger partial charge in [0, 0.05) is 36.3 Å². The summed E-state index contributed by atoms with van der Waals surface area (Å²) in [7, 11) is 0. The molecule has 2 aliphatic rings. The fourth-order valence-corrected chi connectivity index (χ4v) is 4.14. The van der Waals surface area contributed by atoms with Crippen LogP contribution in [0.15, 0.2) is 18.2 Å². The number of hydrogen-bond donors (Lipinski definition) is 1. The Balaban J connectivity index is 1.38. The van der Waals surface area contributed by atoms with E-state index in [4.69, 9.17) is 21.3 Å². The number of nitrogens with zero attached hydrogens (tertiary/aromatic N) is 2. The molecule has 2 heterocycles. The van der Waals surface area contributed by atoms with Crippen molar-refractivity contribution in [1.29, 1.82) is 0 Å². The molecule has 138 valence electrons. The van der Waals surface area contributed by atoms with E-state index in [1.165, 1.54) is 5.56 Å². The molecule has 2 aromatic rings. The van der Waals surface area contributed by atoms with Crippen molar-refractivity contribution in [1.82, 2.24) is 15.2 Å². The van der Waals surface area contributed by atoms with Crippen LogP contribution in [0, 0.1) is 0 Å².